The fourth-order valence-electron chi connectivity index (χ4n) is 1.75. The van der Waals surface area contributed by atoms with E-state index >= 15 is 0 Å². The van der Waals surface area contributed by atoms with Gasteiger partial charge in [-0.15, -0.1) is 11.3 Å². The maximum atomic E-state index is 12.4. The summed E-state index contributed by atoms with van der Waals surface area (Å²) in [5.74, 6) is 0.249. The largest absolute Gasteiger partial charge is 0.279 e. The second-order valence-corrected chi connectivity index (χ2v) is 7.42. The van der Waals surface area contributed by atoms with Crippen molar-refractivity contribution in [3.63, 3.8) is 0 Å². The van der Waals surface area contributed by atoms with Crippen LogP contribution in [0.3, 0.4) is 0 Å². The van der Waals surface area contributed by atoms with E-state index in [2.05, 4.69) is 9.71 Å². The van der Waals surface area contributed by atoms with Crippen LogP contribution in [0.1, 0.15) is 27.2 Å². The molecular weight excluding hydrogens is 306 g/mol. The van der Waals surface area contributed by atoms with Crippen LogP contribution >= 0.6 is 22.9 Å². The van der Waals surface area contributed by atoms with E-state index in [4.69, 9.17) is 11.6 Å². The molecule has 0 aromatic carbocycles. The number of imidazole rings is 1. The third-order valence-electron chi connectivity index (χ3n) is 3.27. The lowest BCUT2D eigenvalue weighted by atomic mass is 10.0. The number of thiazole rings is 1. The number of hydrogen-bond acceptors (Lipinski definition) is 4. The van der Waals surface area contributed by atoms with Crippen LogP contribution in [0.4, 0.5) is 0 Å². The summed E-state index contributed by atoms with van der Waals surface area (Å²) in [6.45, 7) is 5.88. The number of fused-ring (bicyclic) bond motifs is 1. The van der Waals surface area contributed by atoms with Crippen LogP contribution in [-0.2, 0) is 10.0 Å². The zero-order valence-electron chi connectivity index (χ0n) is 10.9. The van der Waals surface area contributed by atoms with Gasteiger partial charge in [-0.1, -0.05) is 31.9 Å². The Morgan fingerprint density at radius 1 is 1.53 bits per heavy atom. The number of rotatable bonds is 5. The average molecular weight is 322 g/mol. The smallest absolute Gasteiger partial charge is 0.260 e. The molecule has 5 nitrogen and oxygen atoms in total. The van der Waals surface area contributed by atoms with E-state index in [9.17, 15) is 8.42 Å². The highest BCUT2D eigenvalue weighted by molar-refractivity contribution is 7.89. The van der Waals surface area contributed by atoms with Gasteiger partial charge in [-0.3, -0.25) is 4.40 Å². The molecule has 19 heavy (non-hydrogen) atoms. The van der Waals surface area contributed by atoms with E-state index in [0.717, 1.165) is 6.42 Å². The molecule has 2 rings (SSSR count). The van der Waals surface area contributed by atoms with Gasteiger partial charge in [0, 0.05) is 17.6 Å². The third-order valence-corrected chi connectivity index (χ3v) is 5.99. The number of aromatic nitrogens is 2. The van der Waals surface area contributed by atoms with Crippen LogP contribution < -0.4 is 4.72 Å². The summed E-state index contributed by atoms with van der Waals surface area (Å²) in [7, 11) is -3.67. The normalized spacial score (nSPS) is 15.8. The zero-order chi connectivity index (χ0) is 14.2. The minimum Gasteiger partial charge on any atom is -0.279 e. The fourth-order valence-corrected chi connectivity index (χ4v) is 4.55. The van der Waals surface area contributed by atoms with E-state index < -0.39 is 10.0 Å². The number of nitrogens with one attached hydrogen (secondary N) is 1. The molecule has 0 bridgehead atoms. The van der Waals surface area contributed by atoms with Gasteiger partial charge in [-0.25, -0.2) is 18.1 Å². The molecule has 0 saturated carbocycles. The molecule has 0 aliphatic heterocycles. The van der Waals surface area contributed by atoms with Gasteiger partial charge in [0.2, 0.25) is 0 Å². The highest BCUT2D eigenvalue weighted by Crippen LogP contribution is 2.25. The van der Waals surface area contributed by atoms with Crippen LogP contribution in [-0.4, -0.2) is 23.8 Å². The highest BCUT2D eigenvalue weighted by Gasteiger charge is 2.27. The fraction of sp³-hybridized carbons (Fsp3) is 0.545. The van der Waals surface area contributed by atoms with Crippen molar-refractivity contribution in [3.8, 4) is 0 Å². The van der Waals surface area contributed by atoms with Crippen molar-refractivity contribution < 1.29 is 8.42 Å². The molecule has 0 saturated heterocycles. The van der Waals surface area contributed by atoms with Gasteiger partial charge in [0.15, 0.2) is 15.1 Å². The Morgan fingerprint density at radius 2 is 2.21 bits per heavy atom. The first-order chi connectivity index (χ1) is 8.86. The molecule has 8 heteroatoms. The lowest BCUT2D eigenvalue weighted by Crippen LogP contribution is -2.37. The van der Waals surface area contributed by atoms with Gasteiger partial charge in [-0.2, -0.15) is 0 Å². The SMILES string of the molecule is CCC(C)C(C)NS(=O)(=O)c1c(Cl)nc2sccn12. The van der Waals surface area contributed by atoms with E-state index in [0.29, 0.717) is 4.96 Å². The third kappa shape index (κ3) is 2.79. The van der Waals surface area contributed by atoms with E-state index in [1.807, 2.05) is 20.8 Å². The number of halogens is 1. The van der Waals surface area contributed by atoms with Crippen LogP contribution in [0.2, 0.25) is 5.15 Å². The maximum Gasteiger partial charge on any atom is 0.260 e. The Hall–Kier alpha value is -0.630. The summed E-state index contributed by atoms with van der Waals surface area (Å²) in [6.07, 6.45) is 2.55. The standard InChI is InChI=1S/C11H16ClN3O2S2/c1-4-7(2)8(3)14-19(16,17)10-9(12)13-11-15(10)5-6-18-11/h5-8,14H,4H2,1-3H3. The Bertz CT molecular complexity index is 677. The van der Waals surface area contributed by atoms with E-state index in [-0.39, 0.29) is 22.1 Å². The Labute approximate surface area is 121 Å². The molecular formula is C11H16ClN3O2S2. The van der Waals surface area contributed by atoms with Gasteiger partial charge in [-0.05, 0) is 12.8 Å². The molecule has 1 N–H and O–H groups in total. The predicted octanol–water partition coefficient (Wildman–Crippen LogP) is 2.76. The van der Waals surface area contributed by atoms with Crippen molar-refractivity contribution in [1.29, 1.82) is 0 Å². The molecule has 0 spiro atoms. The van der Waals surface area contributed by atoms with Crippen LogP contribution in [0.5, 0.6) is 0 Å². The summed E-state index contributed by atoms with van der Waals surface area (Å²) < 4.78 is 29.0. The van der Waals surface area contributed by atoms with Crippen LogP contribution in [0.25, 0.3) is 4.96 Å². The van der Waals surface area contributed by atoms with Crippen molar-refractivity contribution in [2.45, 2.75) is 38.3 Å². The quantitative estimate of drug-likeness (QED) is 0.921. The molecule has 0 aliphatic rings. The van der Waals surface area contributed by atoms with Gasteiger partial charge in [0.1, 0.15) is 0 Å². The minimum absolute atomic E-state index is 0.00991. The summed E-state index contributed by atoms with van der Waals surface area (Å²) in [5.41, 5.74) is 0. The first-order valence-corrected chi connectivity index (χ1v) is 8.74. The van der Waals surface area contributed by atoms with Crippen LogP contribution in [0.15, 0.2) is 16.6 Å². The van der Waals surface area contributed by atoms with Crippen LogP contribution in [0, 0.1) is 5.92 Å². The summed E-state index contributed by atoms with van der Waals surface area (Å²) in [4.78, 5) is 4.61. The molecule has 2 unspecified atom stereocenters. The zero-order valence-corrected chi connectivity index (χ0v) is 13.3. The summed E-state index contributed by atoms with van der Waals surface area (Å²) in [5, 5.41) is 1.80. The van der Waals surface area contributed by atoms with E-state index in [1.54, 1.807) is 11.6 Å². The van der Waals surface area contributed by atoms with Gasteiger partial charge in [0.25, 0.3) is 10.0 Å². The van der Waals surface area contributed by atoms with Crippen molar-refractivity contribution in [1.82, 2.24) is 14.1 Å². The molecule has 2 aromatic heterocycles. The Balaban J connectivity index is 2.39. The molecule has 106 valence electrons. The number of hydrogen-bond donors (Lipinski definition) is 1. The monoisotopic (exact) mass is 321 g/mol. The molecule has 2 atom stereocenters. The average Bonchev–Trinajstić information content (AvgIpc) is 2.85. The summed E-state index contributed by atoms with van der Waals surface area (Å²) >= 11 is 7.29. The Kier molecular flexibility index (Phi) is 4.20. The maximum absolute atomic E-state index is 12.4. The van der Waals surface area contributed by atoms with Crippen molar-refractivity contribution in [2.75, 3.05) is 0 Å². The summed E-state index contributed by atoms with van der Waals surface area (Å²) in [6, 6.07) is -0.157. The molecule has 0 fully saturated rings. The second kappa shape index (κ2) is 5.40. The minimum atomic E-state index is -3.67. The lowest BCUT2D eigenvalue weighted by Gasteiger charge is -2.19. The topological polar surface area (TPSA) is 63.5 Å². The van der Waals surface area contributed by atoms with E-state index in [1.165, 1.54) is 15.7 Å². The van der Waals surface area contributed by atoms with Crippen molar-refractivity contribution in [3.05, 3.63) is 16.7 Å². The predicted molar refractivity (Wildman–Crippen MR) is 77.3 cm³/mol. The first-order valence-electron chi connectivity index (χ1n) is 6.00. The molecule has 0 aliphatic carbocycles. The van der Waals surface area contributed by atoms with Gasteiger partial charge >= 0.3 is 0 Å². The highest BCUT2D eigenvalue weighted by atomic mass is 35.5. The van der Waals surface area contributed by atoms with Crippen molar-refractivity contribution in [2.24, 2.45) is 5.92 Å². The number of nitrogens with zero attached hydrogens (tertiary/aromatic N) is 2. The molecule has 0 amide bonds. The lowest BCUT2D eigenvalue weighted by molar-refractivity contribution is 0.433. The Morgan fingerprint density at radius 3 is 2.84 bits per heavy atom. The molecule has 0 radical (unpaired) electrons. The first kappa shape index (κ1) is 14.8. The van der Waals surface area contributed by atoms with Gasteiger partial charge in [0.05, 0.1) is 0 Å². The molecule has 2 heterocycles. The second-order valence-electron chi connectivity index (χ2n) is 4.56. The van der Waals surface area contributed by atoms with Crippen molar-refractivity contribution >= 4 is 37.9 Å². The van der Waals surface area contributed by atoms with Gasteiger partial charge < -0.3 is 0 Å². The number of sulfonamides is 1. The molecule has 2 aromatic rings.